The second kappa shape index (κ2) is 6.34. The Hall–Kier alpha value is -1.64. The van der Waals surface area contributed by atoms with Crippen LogP contribution < -0.4 is 0 Å². The van der Waals surface area contributed by atoms with E-state index in [0.29, 0.717) is 12.8 Å². The van der Waals surface area contributed by atoms with Gasteiger partial charge in [-0.2, -0.15) is 0 Å². The van der Waals surface area contributed by atoms with Crippen molar-refractivity contribution in [3.8, 4) is 0 Å². The average Bonchev–Trinajstić information content (AvgIpc) is 2.81. The molecule has 0 saturated heterocycles. The maximum atomic E-state index is 12.5. The summed E-state index contributed by atoms with van der Waals surface area (Å²) in [5, 5.41) is 10.1. The molecule has 0 amide bonds. The minimum atomic E-state index is -0.861. The monoisotopic (exact) mass is 330 g/mol. The Kier molecular flexibility index (Phi) is 4.94. The van der Waals surface area contributed by atoms with E-state index in [1.165, 1.54) is 0 Å². The molecule has 1 fully saturated rings. The van der Waals surface area contributed by atoms with E-state index in [2.05, 4.69) is 19.1 Å². The lowest BCUT2D eigenvalue weighted by Gasteiger charge is -2.24. The van der Waals surface area contributed by atoms with E-state index in [1.54, 1.807) is 0 Å². The number of allylic oxidation sites excluding steroid dienone is 6. The van der Waals surface area contributed by atoms with Crippen molar-refractivity contribution < 1.29 is 14.7 Å². The van der Waals surface area contributed by atoms with Gasteiger partial charge in [0.2, 0.25) is 0 Å². The van der Waals surface area contributed by atoms with Crippen LogP contribution in [0.25, 0.3) is 0 Å². The predicted molar refractivity (Wildman–Crippen MR) is 96.6 cm³/mol. The lowest BCUT2D eigenvalue weighted by Crippen LogP contribution is -2.31. The highest BCUT2D eigenvalue weighted by atomic mass is 16.4. The largest absolute Gasteiger partial charge is 0.481 e. The molecule has 0 aromatic rings. The number of Topliss-reactive ketones (excluding diaryl/α,β-unsaturated/α-hetero) is 1. The van der Waals surface area contributed by atoms with Gasteiger partial charge >= 0.3 is 5.97 Å². The first-order valence-corrected chi connectivity index (χ1v) is 8.88. The zero-order chi connectivity index (χ0) is 18.3. The van der Waals surface area contributed by atoms with Gasteiger partial charge in [-0.05, 0) is 44.6 Å². The SMILES string of the molecule is CC/C=C\CC1=C(C)[C@H]([C@]2(C(=O)O)[C@H](C=C(C)C)C2(C)C)CC1=O. The van der Waals surface area contributed by atoms with Crippen LogP contribution in [0.3, 0.4) is 0 Å². The molecular formula is C21H30O3. The summed E-state index contributed by atoms with van der Waals surface area (Å²) < 4.78 is 0. The summed E-state index contributed by atoms with van der Waals surface area (Å²) >= 11 is 0. The highest BCUT2D eigenvalue weighted by molar-refractivity contribution is 6.01. The van der Waals surface area contributed by atoms with Gasteiger partial charge in [-0.15, -0.1) is 0 Å². The molecule has 0 bridgehead atoms. The molecule has 1 N–H and O–H groups in total. The van der Waals surface area contributed by atoms with E-state index >= 15 is 0 Å². The van der Waals surface area contributed by atoms with Crippen LogP contribution in [0.4, 0.5) is 0 Å². The molecule has 0 radical (unpaired) electrons. The number of carboxylic acids is 1. The van der Waals surface area contributed by atoms with Crippen molar-refractivity contribution in [1.82, 2.24) is 0 Å². The maximum absolute atomic E-state index is 12.5. The smallest absolute Gasteiger partial charge is 0.311 e. The van der Waals surface area contributed by atoms with Gasteiger partial charge in [-0.25, -0.2) is 0 Å². The molecule has 3 nitrogen and oxygen atoms in total. The minimum Gasteiger partial charge on any atom is -0.481 e. The molecule has 2 aliphatic carbocycles. The van der Waals surface area contributed by atoms with Gasteiger partial charge in [-0.3, -0.25) is 9.59 Å². The normalized spacial score (nSPS) is 31.7. The number of rotatable bonds is 6. The molecule has 1 saturated carbocycles. The number of ketones is 1. The van der Waals surface area contributed by atoms with Crippen molar-refractivity contribution in [2.24, 2.45) is 22.7 Å². The van der Waals surface area contributed by atoms with Crippen LogP contribution in [0.2, 0.25) is 0 Å². The molecule has 0 aliphatic heterocycles. The molecule has 0 heterocycles. The number of aliphatic carboxylic acids is 1. The van der Waals surface area contributed by atoms with Crippen molar-refractivity contribution >= 4 is 11.8 Å². The van der Waals surface area contributed by atoms with Crippen LogP contribution >= 0.6 is 0 Å². The van der Waals surface area contributed by atoms with E-state index in [-0.39, 0.29) is 23.0 Å². The third-order valence-electron chi connectivity index (χ3n) is 6.10. The molecule has 0 aromatic heterocycles. The Morgan fingerprint density at radius 1 is 1.29 bits per heavy atom. The first-order chi connectivity index (χ1) is 11.1. The van der Waals surface area contributed by atoms with Crippen LogP contribution in [0, 0.1) is 22.7 Å². The quantitative estimate of drug-likeness (QED) is 0.702. The van der Waals surface area contributed by atoms with Gasteiger partial charge in [0.1, 0.15) is 0 Å². The Labute approximate surface area is 145 Å². The first kappa shape index (κ1) is 18.7. The fourth-order valence-electron chi connectivity index (χ4n) is 4.77. The zero-order valence-electron chi connectivity index (χ0n) is 15.8. The van der Waals surface area contributed by atoms with E-state index < -0.39 is 11.4 Å². The van der Waals surface area contributed by atoms with Crippen LogP contribution in [0.1, 0.15) is 60.8 Å². The van der Waals surface area contributed by atoms with Gasteiger partial charge in [0, 0.05) is 18.3 Å². The summed E-state index contributed by atoms with van der Waals surface area (Å²) in [5.74, 6) is -0.857. The first-order valence-electron chi connectivity index (χ1n) is 8.88. The second-order valence-corrected chi connectivity index (χ2v) is 8.04. The van der Waals surface area contributed by atoms with Gasteiger partial charge in [0.05, 0.1) is 5.41 Å². The maximum Gasteiger partial charge on any atom is 0.311 e. The highest BCUT2D eigenvalue weighted by Crippen LogP contribution is 2.75. The highest BCUT2D eigenvalue weighted by Gasteiger charge is 2.78. The van der Waals surface area contributed by atoms with Crippen LogP contribution in [0.5, 0.6) is 0 Å². The Balaban J connectivity index is 2.45. The van der Waals surface area contributed by atoms with Crippen molar-refractivity contribution in [2.75, 3.05) is 0 Å². The van der Waals surface area contributed by atoms with E-state index in [9.17, 15) is 14.7 Å². The van der Waals surface area contributed by atoms with E-state index in [4.69, 9.17) is 0 Å². The number of hydrogen-bond donors (Lipinski definition) is 1. The summed E-state index contributed by atoms with van der Waals surface area (Å²) in [6.07, 6.45) is 8.07. The molecule has 3 atom stereocenters. The standard InChI is InChI=1S/C21H30O3/c1-7-8-9-10-15-14(4)16(12-17(15)22)21(19(23)24)18(11-13(2)3)20(21,5)6/h8-9,11,16,18H,7,10,12H2,1-6H3,(H,23,24)/b9-8-/t16-,18-,21-/m1/s1. The third-order valence-corrected chi connectivity index (χ3v) is 6.10. The molecule has 0 spiro atoms. The molecular weight excluding hydrogens is 300 g/mol. The lowest BCUT2D eigenvalue weighted by molar-refractivity contribution is -0.147. The summed E-state index contributed by atoms with van der Waals surface area (Å²) in [4.78, 5) is 24.8. The molecule has 0 unspecified atom stereocenters. The van der Waals surface area contributed by atoms with Crippen LogP contribution in [-0.4, -0.2) is 16.9 Å². The van der Waals surface area contributed by atoms with Crippen LogP contribution in [0.15, 0.2) is 34.9 Å². The van der Waals surface area contributed by atoms with Gasteiger partial charge < -0.3 is 5.11 Å². The summed E-state index contributed by atoms with van der Waals surface area (Å²) in [6, 6.07) is 0. The van der Waals surface area contributed by atoms with Crippen LogP contribution in [-0.2, 0) is 9.59 Å². The molecule has 132 valence electrons. The average molecular weight is 330 g/mol. The molecule has 2 rings (SSSR count). The van der Waals surface area contributed by atoms with Crippen molar-refractivity contribution in [2.45, 2.75) is 60.8 Å². The minimum absolute atomic E-state index is 0.0224. The lowest BCUT2D eigenvalue weighted by atomic mass is 9.78. The number of carboxylic acid groups (broad SMARTS) is 1. The van der Waals surface area contributed by atoms with Gasteiger partial charge in [0.25, 0.3) is 0 Å². The fraction of sp³-hybridized carbons (Fsp3) is 0.619. The summed E-state index contributed by atoms with van der Waals surface area (Å²) in [7, 11) is 0. The number of carbonyl (C=O) groups is 2. The predicted octanol–water partition coefficient (Wildman–Crippen LogP) is 4.94. The summed E-state index contributed by atoms with van der Waals surface area (Å²) in [6.45, 7) is 12.1. The van der Waals surface area contributed by atoms with Crippen molar-refractivity contribution in [3.63, 3.8) is 0 Å². The number of carbonyl (C=O) groups excluding carboxylic acids is 1. The van der Waals surface area contributed by atoms with E-state index in [0.717, 1.165) is 23.1 Å². The molecule has 2 aliphatic rings. The molecule has 3 heteroatoms. The topological polar surface area (TPSA) is 54.4 Å². The van der Waals surface area contributed by atoms with Gasteiger partial charge in [-0.1, -0.05) is 50.1 Å². The third kappa shape index (κ3) is 2.58. The fourth-order valence-corrected chi connectivity index (χ4v) is 4.77. The summed E-state index contributed by atoms with van der Waals surface area (Å²) in [5.41, 5.74) is 1.75. The van der Waals surface area contributed by atoms with Crippen molar-refractivity contribution in [1.29, 1.82) is 0 Å². The van der Waals surface area contributed by atoms with Crippen molar-refractivity contribution in [3.05, 3.63) is 34.9 Å². The molecule has 24 heavy (non-hydrogen) atoms. The zero-order valence-corrected chi connectivity index (χ0v) is 15.8. The Morgan fingerprint density at radius 3 is 2.42 bits per heavy atom. The Morgan fingerprint density at radius 2 is 1.92 bits per heavy atom. The molecule has 0 aromatic carbocycles. The number of hydrogen-bond acceptors (Lipinski definition) is 2. The second-order valence-electron chi connectivity index (χ2n) is 8.04. The van der Waals surface area contributed by atoms with Gasteiger partial charge in [0.15, 0.2) is 5.78 Å². The van der Waals surface area contributed by atoms with E-state index in [1.807, 2.05) is 40.7 Å². The Bertz CT molecular complexity index is 644.